The van der Waals surface area contributed by atoms with Gasteiger partial charge in [0.2, 0.25) is 0 Å². The Morgan fingerprint density at radius 2 is 1.13 bits per heavy atom. The molecule has 284 valence electrons. The van der Waals surface area contributed by atoms with Crippen LogP contribution in [0, 0.1) is 0 Å². The summed E-state index contributed by atoms with van der Waals surface area (Å²) >= 11 is 1.90. The van der Waals surface area contributed by atoms with Gasteiger partial charge in [-0.25, -0.2) is 15.0 Å². The van der Waals surface area contributed by atoms with E-state index in [2.05, 4.69) is 190 Å². The van der Waals surface area contributed by atoms with Gasteiger partial charge in [-0.05, 0) is 96.2 Å². The Kier molecular flexibility index (Phi) is 7.95. The first-order chi connectivity index (χ1) is 29.5. The zero-order valence-electron chi connectivity index (χ0n) is 33.4. The van der Waals surface area contributed by atoms with Crippen LogP contribution in [0.1, 0.15) is 48.4 Å². The summed E-state index contributed by atoms with van der Waals surface area (Å²) in [6, 6.07) is 61.4. The average Bonchev–Trinajstić information content (AvgIpc) is 3.81. The predicted molar refractivity (Wildman–Crippen MR) is 250 cm³/mol. The number of rotatable bonds is 5. The van der Waals surface area contributed by atoms with E-state index in [4.69, 9.17) is 15.0 Å². The van der Waals surface area contributed by atoms with Gasteiger partial charge in [-0.1, -0.05) is 189 Å². The first-order valence-electron chi connectivity index (χ1n) is 20.8. The molecular weight excluding hydrogens is 747 g/mol. The van der Waals surface area contributed by atoms with E-state index in [1.807, 2.05) is 17.8 Å². The summed E-state index contributed by atoms with van der Waals surface area (Å²) in [5, 5.41) is 5.01. The standard InChI is InChI=1S/C56H39N3S/c1-56(2)48-22-11-10-19-44(48)45-30-29-41(33-49(45)56)54-57-53(37-14-4-3-5-15-37)58-55(59-54)47-32-40-17-8-9-18-42(40)50-46-21-12-20-43(51(46)60-52(47)50)36-26-23-35(24-27-36)39-28-25-34-13-6-7-16-38(34)31-39/h3-20,22-33,46H,21H2,1-2H3. The van der Waals surface area contributed by atoms with Gasteiger partial charge < -0.3 is 0 Å². The number of benzene rings is 8. The van der Waals surface area contributed by atoms with Gasteiger partial charge in [0.05, 0.1) is 0 Å². The quantitative estimate of drug-likeness (QED) is 0.174. The van der Waals surface area contributed by atoms with Crippen LogP contribution in [0.25, 0.3) is 83.5 Å². The summed E-state index contributed by atoms with van der Waals surface area (Å²) in [4.78, 5) is 18.5. The molecule has 3 aliphatic rings. The molecule has 0 N–H and O–H groups in total. The molecule has 0 spiro atoms. The van der Waals surface area contributed by atoms with Crippen LogP contribution in [0.15, 0.2) is 192 Å². The molecule has 0 fully saturated rings. The molecule has 0 amide bonds. The van der Waals surface area contributed by atoms with Gasteiger partial charge in [0.15, 0.2) is 17.5 Å². The SMILES string of the molecule is CC1(C)c2ccccc2-c2ccc(-c3nc(-c4ccccc4)nc(-c4cc5ccccc5c5c4SC4=C(c6ccc(-c7ccc8ccccc8c7)cc6)C=CCC45)n3)cc21. The van der Waals surface area contributed by atoms with Crippen LogP contribution in [-0.2, 0) is 5.41 Å². The second-order valence-electron chi connectivity index (χ2n) is 16.7. The van der Waals surface area contributed by atoms with Crippen LogP contribution in [0.2, 0.25) is 0 Å². The number of thioether (sulfide) groups is 1. The molecule has 1 aromatic heterocycles. The average molecular weight is 786 g/mol. The Balaban J connectivity index is 0.998. The van der Waals surface area contributed by atoms with Crippen molar-refractivity contribution >= 4 is 38.9 Å². The molecule has 4 heteroatoms. The molecule has 9 aromatic rings. The highest BCUT2D eigenvalue weighted by Gasteiger charge is 2.37. The van der Waals surface area contributed by atoms with Gasteiger partial charge in [0.1, 0.15) is 0 Å². The highest BCUT2D eigenvalue weighted by Crippen LogP contribution is 2.59. The minimum Gasteiger partial charge on any atom is -0.208 e. The van der Waals surface area contributed by atoms with E-state index in [9.17, 15) is 0 Å². The van der Waals surface area contributed by atoms with E-state index < -0.39 is 0 Å². The Bertz CT molecular complexity index is 3290. The lowest BCUT2D eigenvalue weighted by Gasteiger charge is -2.22. The maximum atomic E-state index is 5.39. The normalized spacial score (nSPS) is 15.9. The van der Waals surface area contributed by atoms with Gasteiger partial charge in [-0.2, -0.15) is 0 Å². The fourth-order valence-electron chi connectivity index (χ4n) is 9.80. The zero-order chi connectivity index (χ0) is 40.0. The Morgan fingerprint density at radius 1 is 0.483 bits per heavy atom. The molecule has 0 saturated heterocycles. The topological polar surface area (TPSA) is 38.7 Å². The van der Waals surface area contributed by atoms with Crippen LogP contribution in [0.5, 0.6) is 0 Å². The van der Waals surface area contributed by atoms with Crippen LogP contribution >= 0.6 is 11.8 Å². The third kappa shape index (κ3) is 5.55. The molecule has 1 unspecified atom stereocenters. The number of hydrogen-bond acceptors (Lipinski definition) is 4. The number of fused-ring (bicyclic) bond motifs is 9. The molecular formula is C56H39N3S. The molecule has 1 atom stereocenters. The molecule has 2 aliphatic carbocycles. The Morgan fingerprint density at radius 3 is 1.98 bits per heavy atom. The molecule has 1 aliphatic heterocycles. The summed E-state index contributed by atoms with van der Waals surface area (Å²) in [6.45, 7) is 4.64. The Hall–Kier alpha value is -6.88. The van der Waals surface area contributed by atoms with Crippen molar-refractivity contribution in [1.82, 2.24) is 15.0 Å². The monoisotopic (exact) mass is 785 g/mol. The molecule has 60 heavy (non-hydrogen) atoms. The molecule has 0 radical (unpaired) electrons. The Labute approximate surface area is 354 Å². The summed E-state index contributed by atoms with van der Waals surface area (Å²) < 4.78 is 0. The molecule has 0 bridgehead atoms. The van der Waals surface area contributed by atoms with Crippen molar-refractivity contribution in [2.24, 2.45) is 0 Å². The number of allylic oxidation sites excluding steroid dienone is 4. The second-order valence-corrected chi connectivity index (χ2v) is 17.8. The highest BCUT2D eigenvalue weighted by molar-refractivity contribution is 8.03. The van der Waals surface area contributed by atoms with E-state index in [0.29, 0.717) is 17.5 Å². The summed E-state index contributed by atoms with van der Waals surface area (Å²) in [7, 11) is 0. The maximum Gasteiger partial charge on any atom is 0.165 e. The lowest BCUT2D eigenvalue weighted by Crippen LogP contribution is -2.15. The first-order valence-corrected chi connectivity index (χ1v) is 21.6. The highest BCUT2D eigenvalue weighted by atomic mass is 32.2. The number of hydrogen-bond donors (Lipinski definition) is 0. The summed E-state index contributed by atoms with van der Waals surface area (Å²) in [5.41, 5.74) is 14.5. The van der Waals surface area contributed by atoms with E-state index in [1.54, 1.807) is 0 Å². The van der Waals surface area contributed by atoms with Crippen molar-refractivity contribution in [2.75, 3.05) is 0 Å². The third-order valence-electron chi connectivity index (χ3n) is 12.9. The number of aromatic nitrogens is 3. The van der Waals surface area contributed by atoms with Crippen molar-refractivity contribution in [2.45, 2.75) is 36.5 Å². The molecule has 3 nitrogen and oxygen atoms in total. The van der Waals surface area contributed by atoms with Crippen LogP contribution in [-0.4, -0.2) is 15.0 Å². The van der Waals surface area contributed by atoms with E-state index >= 15 is 0 Å². The maximum absolute atomic E-state index is 5.39. The number of nitrogens with zero attached hydrogens (tertiary/aromatic N) is 3. The van der Waals surface area contributed by atoms with Crippen molar-refractivity contribution in [1.29, 1.82) is 0 Å². The van der Waals surface area contributed by atoms with E-state index in [1.165, 1.54) is 81.4 Å². The second kappa shape index (κ2) is 13.6. The van der Waals surface area contributed by atoms with Crippen molar-refractivity contribution in [3.05, 3.63) is 209 Å². The molecule has 2 heterocycles. The molecule has 12 rings (SSSR count). The lowest BCUT2D eigenvalue weighted by atomic mass is 9.82. The smallest absolute Gasteiger partial charge is 0.165 e. The van der Waals surface area contributed by atoms with E-state index in [0.717, 1.165) is 23.1 Å². The largest absolute Gasteiger partial charge is 0.208 e. The van der Waals surface area contributed by atoms with Gasteiger partial charge >= 0.3 is 0 Å². The van der Waals surface area contributed by atoms with Crippen molar-refractivity contribution in [3.63, 3.8) is 0 Å². The fourth-order valence-corrected chi connectivity index (χ4v) is 11.3. The van der Waals surface area contributed by atoms with Crippen LogP contribution in [0.3, 0.4) is 0 Å². The minimum atomic E-state index is -0.137. The molecule has 8 aromatic carbocycles. The third-order valence-corrected chi connectivity index (χ3v) is 14.2. The minimum absolute atomic E-state index is 0.137. The van der Waals surface area contributed by atoms with Gasteiger partial charge in [-0.3, -0.25) is 0 Å². The predicted octanol–water partition coefficient (Wildman–Crippen LogP) is 14.7. The zero-order valence-corrected chi connectivity index (χ0v) is 34.2. The van der Waals surface area contributed by atoms with Gasteiger partial charge in [0, 0.05) is 37.8 Å². The molecule has 0 saturated carbocycles. The van der Waals surface area contributed by atoms with Crippen molar-refractivity contribution < 1.29 is 0 Å². The summed E-state index contributed by atoms with van der Waals surface area (Å²) in [5.74, 6) is 2.30. The summed E-state index contributed by atoms with van der Waals surface area (Å²) in [6.07, 6.45) is 5.65. The lowest BCUT2D eigenvalue weighted by molar-refractivity contribution is 0.660. The fraction of sp³-hybridized carbons (Fsp3) is 0.0893. The van der Waals surface area contributed by atoms with Crippen LogP contribution in [0.4, 0.5) is 0 Å². The van der Waals surface area contributed by atoms with E-state index in [-0.39, 0.29) is 11.3 Å². The van der Waals surface area contributed by atoms with Gasteiger partial charge in [0.25, 0.3) is 0 Å². The van der Waals surface area contributed by atoms with Gasteiger partial charge in [-0.15, -0.1) is 0 Å². The first kappa shape index (κ1) is 35.1. The van der Waals surface area contributed by atoms with Crippen molar-refractivity contribution in [3.8, 4) is 56.4 Å². The van der Waals surface area contributed by atoms with Crippen LogP contribution < -0.4 is 0 Å².